The van der Waals surface area contributed by atoms with Crippen molar-refractivity contribution in [1.29, 1.82) is 0 Å². The molecule has 84 valence electrons. The first-order chi connectivity index (χ1) is 7.75. The van der Waals surface area contributed by atoms with E-state index < -0.39 is 0 Å². The van der Waals surface area contributed by atoms with Gasteiger partial charge in [-0.1, -0.05) is 12.1 Å². The van der Waals surface area contributed by atoms with Crippen molar-refractivity contribution in [3.8, 4) is 0 Å². The van der Waals surface area contributed by atoms with Gasteiger partial charge in [0.15, 0.2) is 0 Å². The maximum absolute atomic E-state index is 13.2. The summed E-state index contributed by atoms with van der Waals surface area (Å²) in [6.07, 6.45) is 3.60. The molecule has 0 aliphatic heterocycles. The summed E-state index contributed by atoms with van der Waals surface area (Å²) in [5.74, 6) is -0.150. The van der Waals surface area contributed by atoms with E-state index in [0.717, 1.165) is 17.7 Å². The lowest BCUT2D eigenvalue weighted by molar-refractivity contribution is 0.611. The van der Waals surface area contributed by atoms with Gasteiger partial charge in [-0.05, 0) is 24.1 Å². The Bertz CT molecular complexity index is 451. The van der Waals surface area contributed by atoms with Crippen molar-refractivity contribution in [2.75, 3.05) is 0 Å². The van der Waals surface area contributed by atoms with E-state index in [1.165, 1.54) is 0 Å². The topological polar surface area (TPSA) is 40.7 Å². The van der Waals surface area contributed by atoms with E-state index in [4.69, 9.17) is 0 Å². The van der Waals surface area contributed by atoms with E-state index in [1.54, 1.807) is 25.3 Å². The summed E-state index contributed by atoms with van der Waals surface area (Å²) in [5, 5.41) is 9.82. The number of nitrogens with one attached hydrogen (secondary N) is 2. The van der Waals surface area contributed by atoms with Crippen LogP contribution in [0.15, 0.2) is 30.6 Å². The molecular weight excluding hydrogens is 205 g/mol. The van der Waals surface area contributed by atoms with Crippen molar-refractivity contribution >= 4 is 0 Å². The number of aromatic amines is 1. The molecule has 0 fully saturated rings. The van der Waals surface area contributed by atoms with Gasteiger partial charge in [-0.3, -0.25) is 5.10 Å². The molecule has 2 aromatic rings. The van der Waals surface area contributed by atoms with E-state index in [0.29, 0.717) is 12.1 Å². The lowest BCUT2D eigenvalue weighted by Gasteiger charge is -2.04. The predicted molar refractivity (Wildman–Crippen MR) is 60.3 cm³/mol. The van der Waals surface area contributed by atoms with Crippen molar-refractivity contribution in [2.45, 2.75) is 20.0 Å². The van der Waals surface area contributed by atoms with Gasteiger partial charge in [0.05, 0.1) is 6.20 Å². The van der Waals surface area contributed by atoms with Crippen LogP contribution in [0.3, 0.4) is 0 Å². The Morgan fingerprint density at radius 1 is 1.31 bits per heavy atom. The van der Waals surface area contributed by atoms with Crippen LogP contribution in [0, 0.1) is 12.7 Å². The lowest BCUT2D eigenvalue weighted by atomic mass is 10.1. The molecule has 3 nitrogen and oxygen atoms in total. The maximum Gasteiger partial charge on any atom is 0.126 e. The molecule has 0 unspecified atom stereocenters. The molecule has 1 heterocycles. The third-order valence-electron chi connectivity index (χ3n) is 2.45. The zero-order valence-corrected chi connectivity index (χ0v) is 9.13. The summed E-state index contributed by atoms with van der Waals surface area (Å²) < 4.78 is 13.2. The average molecular weight is 219 g/mol. The Hall–Kier alpha value is -1.68. The van der Waals surface area contributed by atoms with Gasteiger partial charge < -0.3 is 5.32 Å². The minimum atomic E-state index is -0.150. The molecule has 2 N–H and O–H groups in total. The zero-order chi connectivity index (χ0) is 11.4. The molecule has 0 aliphatic rings. The molecule has 1 aromatic heterocycles. The first kappa shape index (κ1) is 10.8. The largest absolute Gasteiger partial charge is 0.309 e. The molecule has 0 aliphatic carbocycles. The van der Waals surface area contributed by atoms with Crippen molar-refractivity contribution in [3.63, 3.8) is 0 Å². The molecule has 2 rings (SSSR count). The average Bonchev–Trinajstić information content (AvgIpc) is 2.76. The normalized spacial score (nSPS) is 10.6. The number of aromatic nitrogens is 2. The van der Waals surface area contributed by atoms with Gasteiger partial charge in [0.1, 0.15) is 5.82 Å². The van der Waals surface area contributed by atoms with Crippen LogP contribution in [0.5, 0.6) is 0 Å². The van der Waals surface area contributed by atoms with Gasteiger partial charge in [-0.2, -0.15) is 5.10 Å². The maximum atomic E-state index is 13.2. The van der Waals surface area contributed by atoms with Gasteiger partial charge >= 0.3 is 0 Å². The fourth-order valence-corrected chi connectivity index (χ4v) is 1.47. The standard InChI is InChI=1S/C12H14FN3/c1-9-2-3-10(4-12(9)13)5-14-6-11-7-15-16-8-11/h2-4,7-8,14H,5-6H2,1H3,(H,15,16). The molecule has 0 spiro atoms. The van der Waals surface area contributed by atoms with Crippen LogP contribution in [0.1, 0.15) is 16.7 Å². The van der Waals surface area contributed by atoms with Gasteiger partial charge in [0.25, 0.3) is 0 Å². The second-order valence-electron chi connectivity index (χ2n) is 3.79. The van der Waals surface area contributed by atoms with Crippen LogP contribution in [0.4, 0.5) is 4.39 Å². The van der Waals surface area contributed by atoms with E-state index in [-0.39, 0.29) is 5.82 Å². The van der Waals surface area contributed by atoms with Crippen LogP contribution in [0.2, 0.25) is 0 Å². The number of halogens is 1. The number of aryl methyl sites for hydroxylation is 1. The molecule has 4 heteroatoms. The molecule has 1 aromatic carbocycles. The van der Waals surface area contributed by atoms with Gasteiger partial charge in [-0.15, -0.1) is 0 Å². The summed E-state index contributed by atoms with van der Waals surface area (Å²) >= 11 is 0. The minimum Gasteiger partial charge on any atom is -0.309 e. The number of benzene rings is 1. The van der Waals surface area contributed by atoms with E-state index in [2.05, 4.69) is 15.5 Å². The van der Waals surface area contributed by atoms with Gasteiger partial charge in [0.2, 0.25) is 0 Å². The number of rotatable bonds is 4. The smallest absolute Gasteiger partial charge is 0.126 e. The summed E-state index contributed by atoms with van der Waals surface area (Å²) in [6.45, 7) is 3.15. The molecule has 0 amide bonds. The molecular formula is C12H14FN3. The van der Waals surface area contributed by atoms with Crippen molar-refractivity contribution < 1.29 is 4.39 Å². The van der Waals surface area contributed by atoms with Crippen LogP contribution < -0.4 is 5.32 Å². The van der Waals surface area contributed by atoms with E-state index in [1.807, 2.05) is 12.3 Å². The van der Waals surface area contributed by atoms with Crippen LogP contribution in [0.25, 0.3) is 0 Å². The van der Waals surface area contributed by atoms with Crippen LogP contribution >= 0.6 is 0 Å². The number of H-pyrrole nitrogens is 1. The Morgan fingerprint density at radius 2 is 2.12 bits per heavy atom. The number of hydrogen-bond donors (Lipinski definition) is 2. The van der Waals surface area contributed by atoms with Crippen molar-refractivity contribution in [2.24, 2.45) is 0 Å². The number of nitrogens with zero attached hydrogens (tertiary/aromatic N) is 1. The van der Waals surface area contributed by atoms with Crippen molar-refractivity contribution in [1.82, 2.24) is 15.5 Å². The highest BCUT2D eigenvalue weighted by Gasteiger charge is 1.99. The fourth-order valence-electron chi connectivity index (χ4n) is 1.47. The predicted octanol–water partition coefficient (Wildman–Crippen LogP) is 2.15. The third kappa shape index (κ3) is 2.67. The monoisotopic (exact) mass is 219 g/mol. The van der Waals surface area contributed by atoms with Crippen LogP contribution in [-0.2, 0) is 13.1 Å². The molecule has 0 saturated heterocycles. The molecule has 0 saturated carbocycles. The highest BCUT2D eigenvalue weighted by molar-refractivity contribution is 5.23. The van der Waals surface area contributed by atoms with E-state index in [9.17, 15) is 4.39 Å². The zero-order valence-electron chi connectivity index (χ0n) is 9.13. The first-order valence-corrected chi connectivity index (χ1v) is 5.19. The summed E-state index contributed by atoms with van der Waals surface area (Å²) in [7, 11) is 0. The number of hydrogen-bond acceptors (Lipinski definition) is 2. The highest BCUT2D eigenvalue weighted by atomic mass is 19.1. The Balaban J connectivity index is 1.87. The Labute approximate surface area is 93.7 Å². The summed E-state index contributed by atoms with van der Waals surface area (Å²) in [6, 6.07) is 5.29. The minimum absolute atomic E-state index is 0.150. The molecule has 0 atom stereocenters. The third-order valence-corrected chi connectivity index (χ3v) is 2.45. The molecule has 16 heavy (non-hydrogen) atoms. The summed E-state index contributed by atoms with van der Waals surface area (Å²) in [5.41, 5.74) is 2.72. The fraction of sp³-hybridized carbons (Fsp3) is 0.250. The lowest BCUT2D eigenvalue weighted by Crippen LogP contribution is -2.12. The molecule has 0 radical (unpaired) electrons. The Morgan fingerprint density at radius 3 is 2.81 bits per heavy atom. The van der Waals surface area contributed by atoms with Crippen molar-refractivity contribution in [3.05, 3.63) is 53.1 Å². The first-order valence-electron chi connectivity index (χ1n) is 5.19. The second-order valence-corrected chi connectivity index (χ2v) is 3.79. The van der Waals surface area contributed by atoms with Gasteiger partial charge in [0, 0.05) is 24.8 Å². The molecule has 0 bridgehead atoms. The Kier molecular flexibility index (Phi) is 3.31. The van der Waals surface area contributed by atoms with E-state index >= 15 is 0 Å². The second kappa shape index (κ2) is 4.90. The van der Waals surface area contributed by atoms with Crippen LogP contribution in [-0.4, -0.2) is 10.2 Å². The van der Waals surface area contributed by atoms with Gasteiger partial charge in [-0.25, -0.2) is 4.39 Å². The quantitative estimate of drug-likeness (QED) is 0.827. The summed E-state index contributed by atoms with van der Waals surface area (Å²) in [4.78, 5) is 0. The highest BCUT2D eigenvalue weighted by Crippen LogP contribution is 2.09. The SMILES string of the molecule is Cc1ccc(CNCc2cn[nH]c2)cc1F.